The topological polar surface area (TPSA) is 71.9 Å². The van der Waals surface area contributed by atoms with E-state index in [-0.39, 0.29) is 5.56 Å². The van der Waals surface area contributed by atoms with Crippen LogP contribution in [0.2, 0.25) is 0 Å². The minimum absolute atomic E-state index is 0.260. The smallest absolute Gasteiger partial charge is 0.287 e. The quantitative estimate of drug-likeness (QED) is 0.453. The molecule has 2 N–H and O–H groups in total. The van der Waals surface area contributed by atoms with Crippen molar-refractivity contribution in [1.29, 1.82) is 0 Å². The Morgan fingerprint density at radius 1 is 0.900 bits per heavy atom. The third-order valence-corrected chi connectivity index (χ3v) is 5.08. The van der Waals surface area contributed by atoms with Gasteiger partial charge in [0.1, 0.15) is 6.61 Å². The van der Waals surface area contributed by atoms with Crippen LogP contribution >= 0.6 is 0 Å². The Kier molecular flexibility index (Phi) is 4.65. The van der Waals surface area contributed by atoms with E-state index in [1.165, 1.54) is 15.5 Å². The largest absolute Gasteiger partial charge is 0.404 e. The van der Waals surface area contributed by atoms with Crippen LogP contribution in [-0.4, -0.2) is 14.9 Å². The number of rotatable bonds is 6. The number of nitrogens with zero attached hydrogens (tertiary/aromatic N) is 2. The lowest BCUT2D eigenvalue weighted by Crippen LogP contribution is -2.27. The second kappa shape index (κ2) is 7.75. The SMILES string of the molecule is O=c1cc(NCc2ccc3ccccc3c2)c2cn[nH]c2n1OCc1ccccc1. The summed E-state index contributed by atoms with van der Waals surface area (Å²) < 4.78 is 1.26. The fourth-order valence-electron chi connectivity index (χ4n) is 3.54. The summed E-state index contributed by atoms with van der Waals surface area (Å²) in [6, 6.07) is 25.9. The number of benzene rings is 3. The van der Waals surface area contributed by atoms with Crippen LogP contribution in [0.5, 0.6) is 0 Å². The maximum atomic E-state index is 12.7. The number of nitrogens with one attached hydrogen (secondary N) is 2. The number of pyridine rings is 1. The van der Waals surface area contributed by atoms with Gasteiger partial charge in [-0.3, -0.25) is 9.89 Å². The molecule has 0 saturated carbocycles. The summed E-state index contributed by atoms with van der Waals surface area (Å²) >= 11 is 0. The first-order chi connectivity index (χ1) is 14.8. The van der Waals surface area contributed by atoms with Crippen molar-refractivity contribution < 1.29 is 4.84 Å². The van der Waals surface area contributed by atoms with Crippen LogP contribution in [0.4, 0.5) is 5.69 Å². The number of hydrogen-bond acceptors (Lipinski definition) is 4. The van der Waals surface area contributed by atoms with Gasteiger partial charge in [-0.15, -0.1) is 4.73 Å². The molecular weight excluding hydrogens is 376 g/mol. The molecule has 0 saturated heterocycles. The van der Waals surface area contributed by atoms with Crippen molar-refractivity contribution in [3.63, 3.8) is 0 Å². The minimum Gasteiger partial charge on any atom is -0.404 e. The highest BCUT2D eigenvalue weighted by Gasteiger charge is 2.12. The molecule has 0 aliphatic carbocycles. The highest BCUT2D eigenvalue weighted by atomic mass is 16.7. The van der Waals surface area contributed by atoms with Crippen LogP contribution in [0.15, 0.2) is 89.9 Å². The van der Waals surface area contributed by atoms with Gasteiger partial charge in [0.2, 0.25) is 0 Å². The highest BCUT2D eigenvalue weighted by molar-refractivity contribution is 5.88. The minimum atomic E-state index is -0.260. The Balaban J connectivity index is 1.39. The molecule has 30 heavy (non-hydrogen) atoms. The summed E-state index contributed by atoms with van der Waals surface area (Å²) in [5.41, 5.74) is 3.10. The van der Waals surface area contributed by atoms with E-state index in [1.54, 1.807) is 12.3 Å². The Hall–Kier alpha value is -4.06. The Bertz CT molecular complexity index is 1370. The molecule has 0 bridgehead atoms. The summed E-state index contributed by atoms with van der Waals surface area (Å²) in [7, 11) is 0. The van der Waals surface area contributed by atoms with Gasteiger partial charge in [-0.25, -0.2) is 0 Å². The van der Waals surface area contributed by atoms with Crippen LogP contribution in [0.1, 0.15) is 11.1 Å². The van der Waals surface area contributed by atoms with E-state index in [1.807, 2.05) is 42.5 Å². The van der Waals surface area contributed by atoms with Crippen molar-refractivity contribution in [3.8, 4) is 0 Å². The monoisotopic (exact) mass is 396 g/mol. The third kappa shape index (κ3) is 3.51. The van der Waals surface area contributed by atoms with Gasteiger partial charge < -0.3 is 10.2 Å². The Morgan fingerprint density at radius 2 is 1.70 bits per heavy atom. The van der Waals surface area contributed by atoms with Crippen LogP contribution in [0, 0.1) is 0 Å². The molecule has 2 aromatic heterocycles. The van der Waals surface area contributed by atoms with Crippen molar-refractivity contribution >= 4 is 27.5 Å². The molecule has 5 rings (SSSR count). The molecule has 5 aromatic rings. The van der Waals surface area contributed by atoms with Crippen molar-refractivity contribution in [1.82, 2.24) is 14.9 Å². The third-order valence-electron chi connectivity index (χ3n) is 5.08. The van der Waals surface area contributed by atoms with Crippen molar-refractivity contribution in [2.24, 2.45) is 0 Å². The average molecular weight is 396 g/mol. The maximum absolute atomic E-state index is 12.7. The molecule has 3 aromatic carbocycles. The van der Waals surface area contributed by atoms with Gasteiger partial charge in [0.25, 0.3) is 5.56 Å². The zero-order valence-electron chi connectivity index (χ0n) is 16.2. The molecule has 148 valence electrons. The molecule has 0 spiro atoms. The number of aromatic amines is 1. The summed E-state index contributed by atoms with van der Waals surface area (Å²) in [5, 5.41) is 13.5. The predicted octanol–water partition coefficient (Wildman–Crippen LogP) is 4.12. The highest BCUT2D eigenvalue weighted by Crippen LogP contribution is 2.21. The van der Waals surface area contributed by atoms with Crippen LogP contribution < -0.4 is 15.7 Å². The van der Waals surface area contributed by atoms with Gasteiger partial charge in [-0.2, -0.15) is 5.10 Å². The molecule has 0 fully saturated rings. The lowest BCUT2D eigenvalue weighted by molar-refractivity contribution is 0.0980. The number of H-pyrrole nitrogens is 1. The molecule has 6 nitrogen and oxygen atoms in total. The first kappa shape index (κ1) is 18.0. The molecule has 2 heterocycles. The van der Waals surface area contributed by atoms with E-state index in [2.05, 4.69) is 45.8 Å². The molecular formula is C24H20N4O2. The summed E-state index contributed by atoms with van der Waals surface area (Å²) in [6.45, 7) is 0.887. The Labute approximate surface area is 172 Å². The second-order valence-corrected chi connectivity index (χ2v) is 7.12. The molecule has 0 unspecified atom stereocenters. The van der Waals surface area contributed by atoms with Gasteiger partial charge in [0.15, 0.2) is 5.65 Å². The van der Waals surface area contributed by atoms with E-state index in [9.17, 15) is 4.79 Å². The predicted molar refractivity (Wildman–Crippen MR) is 118 cm³/mol. The number of aromatic nitrogens is 3. The molecule has 0 aliphatic heterocycles. The lowest BCUT2D eigenvalue weighted by atomic mass is 10.1. The molecule has 0 amide bonds. The first-order valence-electron chi connectivity index (χ1n) is 9.76. The van der Waals surface area contributed by atoms with Crippen molar-refractivity contribution in [2.45, 2.75) is 13.2 Å². The average Bonchev–Trinajstić information content (AvgIpc) is 3.27. The van der Waals surface area contributed by atoms with Gasteiger partial charge in [0.05, 0.1) is 17.3 Å². The van der Waals surface area contributed by atoms with E-state index in [4.69, 9.17) is 4.84 Å². The van der Waals surface area contributed by atoms with E-state index >= 15 is 0 Å². The molecule has 0 atom stereocenters. The summed E-state index contributed by atoms with van der Waals surface area (Å²) in [5.74, 6) is 0. The number of anilines is 1. The first-order valence-corrected chi connectivity index (χ1v) is 9.76. The lowest BCUT2D eigenvalue weighted by Gasteiger charge is -2.13. The zero-order valence-corrected chi connectivity index (χ0v) is 16.2. The number of hydrogen-bond donors (Lipinski definition) is 2. The van der Waals surface area contributed by atoms with Gasteiger partial charge in [0, 0.05) is 12.6 Å². The fourth-order valence-corrected chi connectivity index (χ4v) is 3.54. The number of fused-ring (bicyclic) bond motifs is 2. The van der Waals surface area contributed by atoms with Gasteiger partial charge in [-0.1, -0.05) is 66.7 Å². The van der Waals surface area contributed by atoms with Crippen LogP contribution in [0.25, 0.3) is 21.8 Å². The standard InChI is InChI=1S/C24H20N4O2/c29-23-13-22(25-14-18-10-11-19-8-4-5-9-20(19)12-18)21-15-26-27-24(21)28(23)30-16-17-6-2-1-3-7-17/h1-13,15,25H,14,16H2,(H,26,27). The van der Waals surface area contributed by atoms with Crippen LogP contribution in [0.3, 0.4) is 0 Å². The second-order valence-electron chi connectivity index (χ2n) is 7.12. The van der Waals surface area contributed by atoms with Crippen molar-refractivity contribution in [2.75, 3.05) is 5.32 Å². The van der Waals surface area contributed by atoms with Gasteiger partial charge >= 0.3 is 0 Å². The van der Waals surface area contributed by atoms with Crippen molar-refractivity contribution in [3.05, 3.63) is 107 Å². The fraction of sp³-hybridized carbons (Fsp3) is 0.0833. The molecule has 0 radical (unpaired) electrons. The molecule has 6 heteroatoms. The van der Waals surface area contributed by atoms with Crippen LogP contribution in [-0.2, 0) is 13.2 Å². The van der Waals surface area contributed by atoms with E-state index in [0.717, 1.165) is 22.2 Å². The van der Waals surface area contributed by atoms with Gasteiger partial charge in [-0.05, 0) is 28.0 Å². The van der Waals surface area contributed by atoms with E-state index < -0.39 is 0 Å². The molecule has 0 aliphatic rings. The normalized spacial score (nSPS) is 11.1. The summed E-state index contributed by atoms with van der Waals surface area (Å²) in [4.78, 5) is 18.5. The Morgan fingerprint density at radius 3 is 2.57 bits per heavy atom. The zero-order chi connectivity index (χ0) is 20.3. The summed E-state index contributed by atoms with van der Waals surface area (Å²) in [6.07, 6.45) is 1.69. The maximum Gasteiger partial charge on any atom is 0.287 e. The van der Waals surface area contributed by atoms with E-state index in [0.29, 0.717) is 18.8 Å².